The lowest BCUT2D eigenvalue weighted by molar-refractivity contribution is 0.279. The predicted octanol–water partition coefficient (Wildman–Crippen LogP) is 4.23. The Hall–Kier alpha value is -0.770. The van der Waals surface area contributed by atoms with Gasteiger partial charge in [0.1, 0.15) is 0 Å². The van der Waals surface area contributed by atoms with Crippen LogP contribution in [0.25, 0.3) is 0 Å². The number of benzene rings is 2. The first kappa shape index (κ1) is 12.7. The lowest BCUT2D eigenvalue weighted by Gasteiger charge is -2.07. The number of rotatable bonds is 4. The van der Waals surface area contributed by atoms with E-state index in [4.69, 9.17) is 0 Å². The molecule has 0 saturated carbocycles. The number of aliphatic hydroxyl groups excluding tert-OH is 1. The van der Waals surface area contributed by atoms with Crippen molar-refractivity contribution in [3.05, 3.63) is 64.1 Å². The molecule has 0 heterocycles. The van der Waals surface area contributed by atoms with Crippen LogP contribution in [0.5, 0.6) is 0 Å². The lowest BCUT2D eigenvalue weighted by atomic mass is 10.2. The van der Waals surface area contributed by atoms with Crippen LogP contribution in [0.2, 0.25) is 0 Å². The molecule has 0 unspecified atom stereocenters. The van der Waals surface area contributed by atoms with Crippen LogP contribution >= 0.6 is 27.7 Å². The molecule has 0 aliphatic rings. The Morgan fingerprint density at radius 3 is 2.53 bits per heavy atom. The Bertz CT molecular complexity index is 485. The van der Waals surface area contributed by atoms with Gasteiger partial charge >= 0.3 is 0 Å². The van der Waals surface area contributed by atoms with Gasteiger partial charge in [-0.05, 0) is 29.3 Å². The first-order chi connectivity index (χ1) is 8.29. The third-order valence-corrected chi connectivity index (χ3v) is 4.11. The zero-order valence-electron chi connectivity index (χ0n) is 9.27. The highest BCUT2D eigenvalue weighted by atomic mass is 79.9. The molecule has 1 N–H and O–H groups in total. The minimum atomic E-state index is 0.0799. The highest BCUT2D eigenvalue weighted by Crippen LogP contribution is 2.28. The van der Waals surface area contributed by atoms with Gasteiger partial charge in [0.2, 0.25) is 0 Å². The van der Waals surface area contributed by atoms with Crippen molar-refractivity contribution in [2.24, 2.45) is 0 Å². The van der Waals surface area contributed by atoms with Crippen LogP contribution in [0.4, 0.5) is 0 Å². The van der Waals surface area contributed by atoms with Gasteiger partial charge in [-0.3, -0.25) is 0 Å². The van der Waals surface area contributed by atoms with Crippen LogP contribution in [0.3, 0.4) is 0 Å². The molecular formula is C14H13BrOS. The molecule has 2 aromatic rings. The van der Waals surface area contributed by atoms with Crippen molar-refractivity contribution in [3.63, 3.8) is 0 Å². The summed E-state index contributed by atoms with van der Waals surface area (Å²) in [5, 5.41) is 9.31. The highest BCUT2D eigenvalue weighted by Gasteiger charge is 2.03. The summed E-state index contributed by atoms with van der Waals surface area (Å²) in [6.07, 6.45) is 0. The van der Waals surface area contributed by atoms with Gasteiger partial charge in [-0.15, -0.1) is 11.8 Å². The number of thioether (sulfide) groups is 1. The number of hydrogen-bond acceptors (Lipinski definition) is 2. The van der Waals surface area contributed by atoms with Crippen molar-refractivity contribution in [1.29, 1.82) is 0 Å². The summed E-state index contributed by atoms with van der Waals surface area (Å²) >= 11 is 5.17. The lowest BCUT2D eigenvalue weighted by Crippen LogP contribution is -1.88. The fourth-order valence-electron chi connectivity index (χ4n) is 1.55. The largest absolute Gasteiger partial charge is 0.392 e. The van der Waals surface area contributed by atoms with Crippen LogP contribution in [0.15, 0.2) is 57.9 Å². The standard InChI is InChI=1S/C14H13BrOS/c15-13-6-7-14(12(8-13)9-16)17-10-11-4-2-1-3-5-11/h1-8,16H,9-10H2. The maximum atomic E-state index is 9.31. The quantitative estimate of drug-likeness (QED) is 0.853. The summed E-state index contributed by atoms with van der Waals surface area (Å²) in [6.45, 7) is 0.0799. The molecule has 3 heteroatoms. The Balaban J connectivity index is 2.09. The van der Waals surface area contributed by atoms with E-state index in [1.54, 1.807) is 11.8 Å². The van der Waals surface area contributed by atoms with Crippen LogP contribution < -0.4 is 0 Å². The average molecular weight is 309 g/mol. The smallest absolute Gasteiger partial charge is 0.0693 e. The minimum absolute atomic E-state index is 0.0799. The maximum absolute atomic E-state index is 9.31. The van der Waals surface area contributed by atoms with E-state index >= 15 is 0 Å². The Morgan fingerprint density at radius 2 is 1.82 bits per heavy atom. The summed E-state index contributed by atoms with van der Waals surface area (Å²) in [4.78, 5) is 1.14. The van der Waals surface area contributed by atoms with Crippen molar-refractivity contribution in [2.75, 3.05) is 0 Å². The van der Waals surface area contributed by atoms with E-state index in [0.29, 0.717) is 0 Å². The van der Waals surface area contributed by atoms with Crippen LogP contribution in [-0.2, 0) is 12.4 Å². The molecule has 0 aromatic heterocycles. The molecule has 0 amide bonds. The molecule has 88 valence electrons. The summed E-state index contributed by atoms with van der Waals surface area (Å²) < 4.78 is 1.01. The molecule has 0 atom stereocenters. The third kappa shape index (κ3) is 3.60. The molecule has 2 rings (SSSR count). The topological polar surface area (TPSA) is 20.2 Å². The summed E-state index contributed by atoms with van der Waals surface area (Å²) in [5.41, 5.74) is 2.27. The van der Waals surface area contributed by atoms with Crippen molar-refractivity contribution < 1.29 is 5.11 Å². The summed E-state index contributed by atoms with van der Waals surface area (Å²) in [6, 6.07) is 16.4. The van der Waals surface area contributed by atoms with E-state index in [9.17, 15) is 5.11 Å². The summed E-state index contributed by atoms with van der Waals surface area (Å²) in [5.74, 6) is 0.926. The van der Waals surface area contributed by atoms with E-state index < -0.39 is 0 Å². The Labute approximate surface area is 114 Å². The highest BCUT2D eigenvalue weighted by molar-refractivity contribution is 9.10. The molecule has 0 aliphatic carbocycles. The van der Waals surface area contributed by atoms with Crippen LogP contribution in [0, 0.1) is 0 Å². The molecular weight excluding hydrogens is 296 g/mol. The average Bonchev–Trinajstić information content (AvgIpc) is 2.38. The fourth-order valence-corrected chi connectivity index (χ4v) is 2.94. The second-order valence-corrected chi connectivity index (χ2v) is 5.62. The first-order valence-electron chi connectivity index (χ1n) is 5.35. The fraction of sp³-hybridized carbons (Fsp3) is 0.143. The molecule has 0 fully saturated rings. The van der Waals surface area contributed by atoms with Crippen molar-refractivity contribution in [1.82, 2.24) is 0 Å². The van der Waals surface area contributed by atoms with E-state index in [2.05, 4.69) is 28.1 Å². The molecule has 1 nitrogen and oxygen atoms in total. The molecule has 2 aromatic carbocycles. The second kappa shape index (κ2) is 6.24. The molecule has 0 saturated heterocycles. The van der Waals surface area contributed by atoms with Gasteiger partial charge < -0.3 is 5.11 Å². The zero-order chi connectivity index (χ0) is 12.1. The second-order valence-electron chi connectivity index (χ2n) is 3.68. The molecule has 0 bridgehead atoms. The van der Waals surface area contributed by atoms with Crippen molar-refractivity contribution in [2.45, 2.75) is 17.3 Å². The van der Waals surface area contributed by atoms with E-state index in [0.717, 1.165) is 20.7 Å². The minimum Gasteiger partial charge on any atom is -0.392 e. The van der Waals surface area contributed by atoms with Crippen LogP contribution in [0.1, 0.15) is 11.1 Å². The Kier molecular flexibility index (Phi) is 4.66. The van der Waals surface area contributed by atoms with Crippen LogP contribution in [-0.4, -0.2) is 5.11 Å². The van der Waals surface area contributed by atoms with Gasteiger partial charge in [0.05, 0.1) is 6.61 Å². The molecule has 0 aliphatic heterocycles. The van der Waals surface area contributed by atoms with Gasteiger partial charge in [-0.2, -0.15) is 0 Å². The van der Waals surface area contributed by atoms with E-state index in [1.807, 2.05) is 36.4 Å². The predicted molar refractivity (Wildman–Crippen MR) is 76.1 cm³/mol. The first-order valence-corrected chi connectivity index (χ1v) is 7.13. The van der Waals surface area contributed by atoms with Gasteiger partial charge in [-0.1, -0.05) is 46.3 Å². The van der Waals surface area contributed by atoms with E-state index in [-0.39, 0.29) is 6.61 Å². The zero-order valence-corrected chi connectivity index (χ0v) is 11.7. The number of aliphatic hydroxyl groups is 1. The molecule has 0 radical (unpaired) electrons. The van der Waals surface area contributed by atoms with Gasteiger partial charge in [0, 0.05) is 15.1 Å². The molecule has 0 spiro atoms. The number of hydrogen-bond donors (Lipinski definition) is 1. The van der Waals surface area contributed by atoms with Gasteiger partial charge in [-0.25, -0.2) is 0 Å². The maximum Gasteiger partial charge on any atom is 0.0693 e. The van der Waals surface area contributed by atoms with Crippen molar-refractivity contribution in [3.8, 4) is 0 Å². The summed E-state index contributed by atoms with van der Waals surface area (Å²) in [7, 11) is 0. The monoisotopic (exact) mass is 308 g/mol. The third-order valence-electron chi connectivity index (χ3n) is 2.43. The van der Waals surface area contributed by atoms with E-state index in [1.165, 1.54) is 5.56 Å². The normalized spacial score (nSPS) is 10.5. The van der Waals surface area contributed by atoms with Gasteiger partial charge in [0.25, 0.3) is 0 Å². The SMILES string of the molecule is OCc1cc(Br)ccc1SCc1ccccc1. The molecule has 17 heavy (non-hydrogen) atoms. The van der Waals surface area contributed by atoms with Gasteiger partial charge in [0.15, 0.2) is 0 Å². The van der Waals surface area contributed by atoms with Crippen molar-refractivity contribution >= 4 is 27.7 Å². The number of halogens is 1. The Morgan fingerprint density at radius 1 is 1.06 bits per heavy atom.